The zero-order valence-corrected chi connectivity index (χ0v) is 18.4. The Kier molecular flexibility index (Phi) is 5.95. The third kappa shape index (κ3) is 3.65. The molecule has 1 aromatic carbocycles. The number of benzene rings is 1. The van der Waals surface area contributed by atoms with Crippen molar-refractivity contribution in [3.05, 3.63) is 70.2 Å². The molecule has 1 aromatic heterocycles. The highest BCUT2D eigenvalue weighted by Crippen LogP contribution is 2.47. The van der Waals surface area contributed by atoms with Gasteiger partial charge in [-0.05, 0) is 30.5 Å². The predicted molar refractivity (Wildman–Crippen MR) is 120 cm³/mol. The fourth-order valence-corrected chi connectivity index (χ4v) is 5.54. The number of Topliss-reactive ketones (excluding diaryl/α,β-unsaturated/α-hetero) is 1. The summed E-state index contributed by atoms with van der Waals surface area (Å²) in [4.78, 5) is 14.8. The van der Waals surface area contributed by atoms with Crippen LogP contribution in [0, 0.1) is 11.3 Å². The van der Waals surface area contributed by atoms with Gasteiger partial charge in [-0.1, -0.05) is 52.9 Å². The van der Waals surface area contributed by atoms with E-state index < -0.39 is 5.92 Å². The van der Waals surface area contributed by atoms with E-state index in [9.17, 15) is 10.1 Å². The van der Waals surface area contributed by atoms with Crippen LogP contribution < -0.4 is 10.6 Å². The fraction of sp³-hybridized carbons (Fsp3) is 0.238. The number of aromatic nitrogens is 2. The van der Waals surface area contributed by atoms with Crippen LogP contribution >= 0.6 is 34.7 Å². The third-order valence-corrected chi connectivity index (χ3v) is 7.32. The first-order valence-electron chi connectivity index (χ1n) is 9.34. The molecular weight excluding hydrogens is 438 g/mol. The lowest BCUT2D eigenvalue weighted by molar-refractivity contribution is -0.116. The number of nitriles is 1. The van der Waals surface area contributed by atoms with Gasteiger partial charge in [-0.15, -0.1) is 16.8 Å². The van der Waals surface area contributed by atoms with Gasteiger partial charge in [-0.2, -0.15) is 5.26 Å². The molecule has 4 rings (SSSR count). The predicted octanol–water partition coefficient (Wildman–Crippen LogP) is 4.77. The summed E-state index contributed by atoms with van der Waals surface area (Å²) < 4.78 is 0.778. The molecule has 6 nitrogen and oxygen atoms in total. The SMILES string of the molecule is C=CCSc1nnc(N2C(N)=C(C#N)C(c3ccc(Cl)cc3)C3=C2CCCC3=O)s1. The van der Waals surface area contributed by atoms with Gasteiger partial charge in [-0.25, -0.2) is 0 Å². The molecule has 2 heterocycles. The maximum Gasteiger partial charge on any atom is 0.219 e. The highest BCUT2D eigenvalue weighted by molar-refractivity contribution is 8.01. The summed E-state index contributed by atoms with van der Waals surface area (Å²) in [6.45, 7) is 3.72. The topological polar surface area (TPSA) is 95.9 Å². The minimum absolute atomic E-state index is 0.0345. The van der Waals surface area contributed by atoms with Gasteiger partial charge in [0.05, 0.1) is 17.6 Å². The van der Waals surface area contributed by atoms with Crippen LogP contribution in [-0.4, -0.2) is 21.7 Å². The van der Waals surface area contributed by atoms with Crippen molar-refractivity contribution >= 4 is 45.6 Å². The first-order chi connectivity index (χ1) is 14.5. The summed E-state index contributed by atoms with van der Waals surface area (Å²) in [6.07, 6.45) is 3.66. The van der Waals surface area contributed by atoms with E-state index in [-0.39, 0.29) is 5.78 Å². The molecule has 1 aliphatic carbocycles. The Labute approximate surface area is 187 Å². The molecule has 0 amide bonds. The Morgan fingerprint density at radius 3 is 2.83 bits per heavy atom. The third-order valence-electron chi connectivity index (χ3n) is 5.03. The maximum absolute atomic E-state index is 13.0. The van der Waals surface area contributed by atoms with Gasteiger partial charge in [0.25, 0.3) is 0 Å². The lowest BCUT2D eigenvalue weighted by Crippen LogP contribution is -2.38. The van der Waals surface area contributed by atoms with E-state index in [1.807, 2.05) is 12.1 Å². The van der Waals surface area contributed by atoms with Crippen molar-refractivity contribution in [2.24, 2.45) is 5.73 Å². The van der Waals surface area contributed by atoms with E-state index >= 15 is 0 Å². The van der Waals surface area contributed by atoms with E-state index in [1.165, 1.54) is 23.1 Å². The highest BCUT2D eigenvalue weighted by atomic mass is 35.5. The Balaban J connectivity index is 1.86. The van der Waals surface area contributed by atoms with Gasteiger partial charge < -0.3 is 5.73 Å². The number of anilines is 1. The molecule has 0 fully saturated rings. The number of carbonyl (C=O) groups is 1. The van der Waals surface area contributed by atoms with Crippen LogP contribution in [0.4, 0.5) is 5.13 Å². The molecule has 2 aromatic rings. The largest absolute Gasteiger partial charge is 0.384 e. The number of allylic oxidation sites excluding steroid dienone is 3. The summed E-state index contributed by atoms with van der Waals surface area (Å²) in [5.41, 5.74) is 9.09. The molecule has 1 aliphatic heterocycles. The van der Waals surface area contributed by atoms with Gasteiger partial charge >= 0.3 is 0 Å². The second-order valence-electron chi connectivity index (χ2n) is 6.82. The normalized spacial score (nSPS) is 19.0. The summed E-state index contributed by atoms with van der Waals surface area (Å²) in [7, 11) is 0. The summed E-state index contributed by atoms with van der Waals surface area (Å²) in [5.74, 6) is 0.539. The molecule has 152 valence electrons. The quantitative estimate of drug-likeness (QED) is 0.512. The Morgan fingerprint density at radius 1 is 1.37 bits per heavy atom. The summed E-state index contributed by atoms with van der Waals surface area (Å²) in [6, 6.07) is 9.45. The lowest BCUT2D eigenvalue weighted by Gasteiger charge is -2.38. The minimum atomic E-state index is -0.506. The number of ketones is 1. The molecule has 0 bridgehead atoms. The van der Waals surface area contributed by atoms with Crippen LogP contribution in [0.25, 0.3) is 0 Å². The van der Waals surface area contributed by atoms with Gasteiger partial charge in [0.15, 0.2) is 10.1 Å². The fourth-order valence-electron chi connectivity index (χ4n) is 3.77. The van der Waals surface area contributed by atoms with Gasteiger partial charge in [-0.3, -0.25) is 9.69 Å². The standard InChI is InChI=1S/C21H18ClN5OS2/c1-2-10-29-21-26-25-20(30-21)27-15-4-3-5-16(28)18(15)17(14(11-23)19(27)24)12-6-8-13(22)9-7-12/h2,6-9,17H,1,3-5,10,24H2. The molecule has 2 aliphatic rings. The van der Waals surface area contributed by atoms with Crippen molar-refractivity contribution < 1.29 is 4.79 Å². The highest BCUT2D eigenvalue weighted by Gasteiger charge is 2.41. The Bertz CT molecular complexity index is 1110. The second-order valence-corrected chi connectivity index (χ2v) is 9.48. The van der Waals surface area contributed by atoms with Crippen LogP contribution in [0.2, 0.25) is 5.02 Å². The van der Waals surface area contributed by atoms with Crippen LogP contribution in [0.1, 0.15) is 30.7 Å². The summed E-state index contributed by atoms with van der Waals surface area (Å²) in [5, 5.41) is 19.6. The van der Waals surface area contributed by atoms with E-state index in [0.717, 1.165) is 22.0 Å². The number of nitrogens with two attached hydrogens (primary N) is 1. The number of halogens is 1. The van der Waals surface area contributed by atoms with E-state index in [0.29, 0.717) is 45.7 Å². The molecule has 9 heteroatoms. The Morgan fingerprint density at radius 2 is 2.13 bits per heavy atom. The molecule has 0 radical (unpaired) electrons. The van der Waals surface area contributed by atoms with Gasteiger partial charge in [0.2, 0.25) is 5.13 Å². The second kappa shape index (κ2) is 8.64. The number of thioether (sulfide) groups is 1. The molecule has 1 atom stereocenters. The van der Waals surface area contributed by atoms with Gasteiger partial charge in [0.1, 0.15) is 5.82 Å². The van der Waals surface area contributed by atoms with Gasteiger partial charge in [0, 0.05) is 28.5 Å². The van der Waals surface area contributed by atoms with Crippen LogP contribution in [-0.2, 0) is 4.79 Å². The van der Waals surface area contributed by atoms with Crippen molar-refractivity contribution in [3.8, 4) is 6.07 Å². The Hall–Kier alpha value is -2.60. The number of carbonyl (C=O) groups excluding carboxylic acids is 1. The number of hydrogen-bond acceptors (Lipinski definition) is 8. The summed E-state index contributed by atoms with van der Waals surface area (Å²) >= 11 is 8.95. The van der Waals surface area contributed by atoms with Crippen molar-refractivity contribution in [3.63, 3.8) is 0 Å². The van der Waals surface area contributed by atoms with Crippen molar-refractivity contribution in [1.29, 1.82) is 5.26 Å². The van der Waals surface area contributed by atoms with Crippen LogP contribution in [0.3, 0.4) is 0 Å². The molecule has 2 N–H and O–H groups in total. The number of rotatable bonds is 5. The zero-order valence-electron chi connectivity index (χ0n) is 16.0. The van der Waals surface area contributed by atoms with E-state index in [2.05, 4.69) is 22.8 Å². The molecule has 30 heavy (non-hydrogen) atoms. The van der Waals surface area contributed by atoms with Crippen molar-refractivity contribution in [1.82, 2.24) is 10.2 Å². The molecular formula is C21H18ClN5OS2. The van der Waals surface area contributed by atoms with E-state index in [1.54, 1.807) is 23.1 Å². The van der Waals surface area contributed by atoms with Crippen molar-refractivity contribution in [2.45, 2.75) is 29.5 Å². The minimum Gasteiger partial charge on any atom is -0.384 e. The van der Waals surface area contributed by atoms with Crippen molar-refractivity contribution in [2.75, 3.05) is 10.7 Å². The smallest absolute Gasteiger partial charge is 0.219 e. The molecule has 0 saturated carbocycles. The molecule has 0 spiro atoms. The maximum atomic E-state index is 13.0. The monoisotopic (exact) mass is 455 g/mol. The average molecular weight is 456 g/mol. The molecule has 0 saturated heterocycles. The van der Waals surface area contributed by atoms with Crippen LogP contribution in [0.5, 0.6) is 0 Å². The zero-order chi connectivity index (χ0) is 21.3. The van der Waals surface area contributed by atoms with Crippen LogP contribution in [0.15, 0.2) is 63.9 Å². The van der Waals surface area contributed by atoms with E-state index in [4.69, 9.17) is 17.3 Å². The molecule has 1 unspecified atom stereocenters. The first-order valence-corrected chi connectivity index (χ1v) is 11.5. The first kappa shape index (κ1) is 20.7. The number of nitrogens with zero attached hydrogens (tertiary/aromatic N) is 4. The average Bonchev–Trinajstić information content (AvgIpc) is 3.20. The number of hydrogen-bond donors (Lipinski definition) is 1. The lowest BCUT2D eigenvalue weighted by atomic mass is 9.76.